The third-order valence-electron chi connectivity index (χ3n) is 7.84. The van der Waals surface area contributed by atoms with Crippen LogP contribution in [-0.4, -0.2) is 56.2 Å². The summed E-state index contributed by atoms with van der Waals surface area (Å²) < 4.78 is 7.86. The van der Waals surface area contributed by atoms with Gasteiger partial charge in [-0.25, -0.2) is 14.6 Å². The van der Waals surface area contributed by atoms with Gasteiger partial charge in [-0.3, -0.25) is 4.79 Å². The molecule has 1 unspecified atom stereocenters. The zero-order valence-corrected chi connectivity index (χ0v) is 22.6. The third kappa shape index (κ3) is 5.70. The number of anilines is 1. The first-order valence-electron chi connectivity index (χ1n) is 14.2. The van der Waals surface area contributed by atoms with E-state index in [9.17, 15) is 4.79 Å². The van der Waals surface area contributed by atoms with Gasteiger partial charge in [0.25, 0.3) is 0 Å². The van der Waals surface area contributed by atoms with E-state index in [4.69, 9.17) is 15.6 Å². The number of nitrogens with one attached hydrogen (secondary N) is 1. The van der Waals surface area contributed by atoms with Gasteiger partial charge in [0.1, 0.15) is 29.3 Å². The quantitative estimate of drug-likeness (QED) is 0.300. The van der Waals surface area contributed by atoms with Crippen LogP contribution in [0.5, 0.6) is 11.5 Å². The van der Waals surface area contributed by atoms with Gasteiger partial charge in [-0.1, -0.05) is 43.5 Å². The molecule has 1 saturated carbocycles. The van der Waals surface area contributed by atoms with E-state index in [0.717, 1.165) is 41.1 Å². The van der Waals surface area contributed by atoms with E-state index < -0.39 is 0 Å². The number of amides is 1. The van der Waals surface area contributed by atoms with Gasteiger partial charge in [-0.15, -0.1) is 0 Å². The lowest BCUT2D eigenvalue weighted by Gasteiger charge is -2.22. The van der Waals surface area contributed by atoms with Crippen LogP contribution in [0.2, 0.25) is 0 Å². The monoisotopic (exact) mass is 537 g/mol. The summed E-state index contributed by atoms with van der Waals surface area (Å²) in [6, 6.07) is 18.0. The summed E-state index contributed by atoms with van der Waals surface area (Å²) >= 11 is 0. The molecule has 6 rings (SSSR count). The van der Waals surface area contributed by atoms with Crippen LogP contribution in [0.1, 0.15) is 44.6 Å². The number of nitrogens with two attached hydrogens (primary N) is 1. The molecule has 1 amide bonds. The van der Waals surface area contributed by atoms with Crippen molar-refractivity contribution in [3.8, 4) is 22.8 Å². The minimum Gasteiger partial charge on any atom is -0.457 e. The van der Waals surface area contributed by atoms with Crippen molar-refractivity contribution in [1.29, 1.82) is 0 Å². The maximum absolute atomic E-state index is 12.9. The molecule has 3 heterocycles. The van der Waals surface area contributed by atoms with Crippen LogP contribution in [0.4, 0.5) is 5.82 Å². The number of hydrogen-bond donors (Lipinski definition) is 2. The molecular formula is C31H35N7O2. The van der Waals surface area contributed by atoms with Crippen LogP contribution < -0.4 is 15.8 Å². The summed E-state index contributed by atoms with van der Waals surface area (Å²) in [7, 11) is 0. The fourth-order valence-electron chi connectivity index (χ4n) is 5.71. The molecule has 2 fully saturated rings. The second kappa shape index (κ2) is 11.9. The zero-order chi connectivity index (χ0) is 27.3. The van der Waals surface area contributed by atoms with Gasteiger partial charge in [0.2, 0.25) is 5.91 Å². The molecule has 1 aliphatic carbocycles. The van der Waals surface area contributed by atoms with Crippen molar-refractivity contribution in [2.75, 3.05) is 25.4 Å². The Morgan fingerprint density at radius 2 is 1.77 bits per heavy atom. The number of benzene rings is 2. The molecule has 0 bridgehead atoms. The molecule has 0 radical (unpaired) electrons. The highest BCUT2D eigenvalue weighted by Crippen LogP contribution is 2.35. The molecule has 1 aliphatic heterocycles. The predicted molar refractivity (Wildman–Crippen MR) is 156 cm³/mol. The molecule has 9 nitrogen and oxygen atoms in total. The average Bonchev–Trinajstić information content (AvgIpc) is 3.63. The molecule has 3 N–H and O–H groups in total. The molecule has 206 valence electrons. The Balaban J connectivity index is 1.16. The van der Waals surface area contributed by atoms with Gasteiger partial charge in [0, 0.05) is 37.3 Å². The fraction of sp³-hybridized carbons (Fsp3) is 0.355. The van der Waals surface area contributed by atoms with Crippen molar-refractivity contribution >= 4 is 22.8 Å². The summed E-state index contributed by atoms with van der Waals surface area (Å²) in [5, 5.41) is 9.24. The largest absolute Gasteiger partial charge is 0.457 e. The molecule has 4 aromatic rings. The van der Waals surface area contributed by atoms with Gasteiger partial charge in [0.05, 0.1) is 11.4 Å². The summed E-state index contributed by atoms with van der Waals surface area (Å²) in [4.78, 5) is 23.6. The van der Waals surface area contributed by atoms with E-state index in [-0.39, 0.29) is 11.9 Å². The Bertz CT molecular complexity index is 1480. The Morgan fingerprint density at radius 3 is 2.58 bits per heavy atom. The number of nitrogen functional groups attached to an aromatic ring is 1. The smallest absolute Gasteiger partial charge is 0.246 e. The number of carbonyl (C=O) groups is 1. The molecule has 9 heteroatoms. The van der Waals surface area contributed by atoms with Crippen molar-refractivity contribution < 1.29 is 9.53 Å². The maximum Gasteiger partial charge on any atom is 0.246 e. The van der Waals surface area contributed by atoms with Gasteiger partial charge in [0.15, 0.2) is 5.65 Å². The topological polar surface area (TPSA) is 111 Å². The first kappa shape index (κ1) is 26.0. The van der Waals surface area contributed by atoms with Crippen LogP contribution in [-0.2, 0) is 4.79 Å². The summed E-state index contributed by atoms with van der Waals surface area (Å²) in [5.74, 6) is 1.93. The lowest BCUT2D eigenvalue weighted by molar-refractivity contribution is -0.125. The van der Waals surface area contributed by atoms with Gasteiger partial charge in [-0.2, -0.15) is 5.10 Å². The third-order valence-corrected chi connectivity index (χ3v) is 7.84. The number of fused-ring (bicyclic) bond motifs is 1. The fourth-order valence-corrected chi connectivity index (χ4v) is 5.71. The van der Waals surface area contributed by atoms with Gasteiger partial charge < -0.3 is 20.7 Å². The lowest BCUT2D eigenvalue weighted by Crippen LogP contribution is -2.31. The number of nitrogens with zero attached hydrogens (tertiary/aromatic N) is 5. The number of ether oxygens (including phenoxy) is 1. The number of rotatable bonds is 8. The van der Waals surface area contributed by atoms with Crippen LogP contribution in [0.25, 0.3) is 22.3 Å². The maximum atomic E-state index is 12.9. The second-order valence-electron chi connectivity index (χ2n) is 10.6. The summed E-state index contributed by atoms with van der Waals surface area (Å²) in [6.45, 7) is 1.97. The molecule has 40 heavy (non-hydrogen) atoms. The van der Waals surface area contributed by atoms with Crippen LogP contribution in [0.15, 0.2) is 73.1 Å². The first-order valence-corrected chi connectivity index (χ1v) is 14.2. The Hall–Kier alpha value is -4.24. The van der Waals surface area contributed by atoms with E-state index in [0.29, 0.717) is 30.6 Å². The zero-order valence-electron chi connectivity index (χ0n) is 22.6. The molecule has 2 aromatic carbocycles. The summed E-state index contributed by atoms with van der Waals surface area (Å²) in [6.07, 6.45) is 12.3. The van der Waals surface area contributed by atoms with E-state index in [1.165, 1.54) is 38.4 Å². The predicted octanol–water partition coefficient (Wildman–Crippen LogP) is 5.12. The molecule has 1 saturated heterocycles. The van der Waals surface area contributed by atoms with Crippen molar-refractivity contribution in [3.05, 3.63) is 73.1 Å². The van der Waals surface area contributed by atoms with Crippen LogP contribution >= 0.6 is 0 Å². The van der Waals surface area contributed by atoms with Crippen molar-refractivity contribution in [1.82, 2.24) is 30.0 Å². The second-order valence-corrected chi connectivity index (χ2v) is 10.6. The Labute approximate surface area is 234 Å². The summed E-state index contributed by atoms with van der Waals surface area (Å²) in [5.41, 5.74) is 8.62. The average molecular weight is 538 g/mol. The van der Waals surface area contributed by atoms with Crippen LogP contribution in [0, 0.1) is 0 Å². The highest BCUT2D eigenvalue weighted by atomic mass is 16.5. The standard InChI is InChI=1S/C31H35N7O2/c32-30-28-29(22-13-15-26(16-14-22)40-25-10-5-2-6-11-25)36-38(31(28)35-21-34-30)24-17-19-37(20-24)27(39)12-7-18-33-23-8-3-1-4-9-23/h2,5-7,10-16,21,23-24,33H,1,3-4,8-9,17-20H2,(H2,32,34,35). The highest BCUT2D eigenvalue weighted by Gasteiger charge is 2.30. The van der Waals surface area contributed by atoms with Gasteiger partial charge in [-0.05, 0) is 55.7 Å². The first-order chi connectivity index (χ1) is 19.7. The van der Waals surface area contributed by atoms with E-state index in [1.54, 1.807) is 6.08 Å². The number of aromatic nitrogens is 4. The lowest BCUT2D eigenvalue weighted by atomic mass is 9.95. The molecular weight excluding hydrogens is 502 g/mol. The molecule has 1 atom stereocenters. The normalized spacial score (nSPS) is 18.1. The minimum absolute atomic E-state index is 0.00366. The van der Waals surface area contributed by atoms with Crippen molar-refractivity contribution in [2.24, 2.45) is 0 Å². The number of hydrogen-bond acceptors (Lipinski definition) is 7. The number of para-hydroxylation sites is 1. The highest BCUT2D eigenvalue weighted by molar-refractivity contribution is 5.98. The van der Waals surface area contributed by atoms with Gasteiger partial charge >= 0.3 is 0 Å². The minimum atomic E-state index is 0.00366. The SMILES string of the molecule is Nc1ncnc2c1c(-c1ccc(Oc3ccccc3)cc1)nn2C1CCN(C(=O)C=CCNC2CCCCC2)C1. The number of likely N-dealkylation sites (tertiary alicyclic amines) is 1. The number of carbonyl (C=O) groups excluding carboxylic acids is 1. The molecule has 2 aromatic heterocycles. The Kier molecular flexibility index (Phi) is 7.72. The van der Waals surface area contributed by atoms with Crippen molar-refractivity contribution in [2.45, 2.75) is 50.6 Å². The van der Waals surface area contributed by atoms with E-state index in [2.05, 4.69) is 15.3 Å². The van der Waals surface area contributed by atoms with Crippen LogP contribution in [0.3, 0.4) is 0 Å². The Morgan fingerprint density at radius 1 is 1.00 bits per heavy atom. The molecule has 2 aliphatic rings. The van der Waals surface area contributed by atoms with E-state index >= 15 is 0 Å². The van der Waals surface area contributed by atoms with Crippen molar-refractivity contribution in [3.63, 3.8) is 0 Å². The molecule has 0 spiro atoms. The van der Waals surface area contributed by atoms with E-state index in [1.807, 2.05) is 70.3 Å².